The molecule has 0 atom stereocenters. The van der Waals surface area contributed by atoms with Gasteiger partial charge in [0.2, 0.25) is 0 Å². The van der Waals surface area contributed by atoms with Gasteiger partial charge in [0.05, 0.1) is 27.7 Å². The first kappa shape index (κ1) is 16.7. The van der Waals surface area contributed by atoms with Crippen LogP contribution in [0.4, 0.5) is 5.69 Å². The molecule has 0 spiro atoms. The number of halogens is 1. The van der Waals surface area contributed by atoms with E-state index < -0.39 is 0 Å². The topological polar surface area (TPSA) is 56.0 Å². The SMILES string of the molecule is Cc1cc(N2CCN(Cc3ccc(Cl)cn3)CC2)c(C#N)c(C)n1. The first-order valence-corrected chi connectivity index (χ1v) is 8.40. The molecule has 24 heavy (non-hydrogen) atoms. The van der Waals surface area contributed by atoms with Crippen LogP contribution < -0.4 is 4.90 Å². The highest BCUT2D eigenvalue weighted by Crippen LogP contribution is 2.24. The second-order valence-electron chi connectivity index (χ2n) is 6.09. The van der Waals surface area contributed by atoms with E-state index in [0.717, 1.165) is 55.5 Å². The maximum Gasteiger partial charge on any atom is 0.103 e. The predicted octanol–water partition coefficient (Wildman–Crippen LogP) is 2.94. The zero-order valence-electron chi connectivity index (χ0n) is 14.0. The number of hydrogen-bond donors (Lipinski definition) is 0. The van der Waals surface area contributed by atoms with Gasteiger partial charge < -0.3 is 4.90 Å². The molecule has 3 rings (SSSR count). The average Bonchev–Trinajstić information content (AvgIpc) is 2.57. The lowest BCUT2D eigenvalue weighted by molar-refractivity contribution is 0.247. The minimum Gasteiger partial charge on any atom is -0.368 e. The van der Waals surface area contributed by atoms with Crippen molar-refractivity contribution in [3.05, 3.63) is 52.1 Å². The number of nitriles is 1. The summed E-state index contributed by atoms with van der Waals surface area (Å²) in [6, 6.07) is 8.17. The highest BCUT2D eigenvalue weighted by atomic mass is 35.5. The van der Waals surface area contributed by atoms with Crippen LogP contribution in [0.5, 0.6) is 0 Å². The highest BCUT2D eigenvalue weighted by Gasteiger charge is 2.21. The van der Waals surface area contributed by atoms with Gasteiger partial charge in [-0.1, -0.05) is 11.6 Å². The Morgan fingerprint density at radius 1 is 1.21 bits per heavy atom. The summed E-state index contributed by atoms with van der Waals surface area (Å²) in [6.45, 7) is 8.36. The van der Waals surface area contributed by atoms with Crippen LogP contribution in [-0.4, -0.2) is 41.0 Å². The minimum absolute atomic E-state index is 0.663. The van der Waals surface area contributed by atoms with Crippen molar-refractivity contribution in [2.75, 3.05) is 31.1 Å². The number of hydrogen-bond acceptors (Lipinski definition) is 5. The summed E-state index contributed by atoms with van der Waals surface area (Å²) in [6.07, 6.45) is 1.69. The Kier molecular flexibility index (Phi) is 4.98. The lowest BCUT2D eigenvalue weighted by atomic mass is 10.1. The van der Waals surface area contributed by atoms with E-state index in [-0.39, 0.29) is 0 Å². The molecule has 2 aromatic rings. The Morgan fingerprint density at radius 2 is 1.96 bits per heavy atom. The molecule has 1 fully saturated rings. The van der Waals surface area contributed by atoms with Crippen LogP contribution in [0.15, 0.2) is 24.4 Å². The maximum atomic E-state index is 9.44. The third-order valence-electron chi connectivity index (χ3n) is 4.31. The number of piperazine rings is 1. The Bertz CT molecular complexity index is 758. The lowest BCUT2D eigenvalue weighted by Crippen LogP contribution is -2.46. The van der Waals surface area contributed by atoms with Gasteiger partial charge in [0.1, 0.15) is 6.07 Å². The van der Waals surface area contributed by atoms with Crippen molar-refractivity contribution in [3.63, 3.8) is 0 Å². The molecule has 124 valence electrons. The van der Waals surface area contributed by atoms with Crippen molar-refractivity contribution in [1.82, 2.24) is 14.9 Å². The molecule has 1 aliphatic rings. The van der Waals surface area contributed by atoms with E-state index in [1.165, 1.54) is 0 Å². The van der Waals surface area contributed by atoms with Crippen LogP contribution in [0.25, 0.3) is 0 Å². The Morgan fingerprint density at radius 3 is 2.58 bits per heavy atom. The average molecular weight is 342 g/mol. The summed E-state index contributed by atoms with van der Waals surface area (Å²) in [7, 11) is 0. The van der Waals surface area contributed by atoms with Crippen molar-refractivity contribution < 1.29 is 0 Å². The summed E-state index contributed by atoms with van der Waals surface area (Å²) >= 11 is 5.88. The van der Waals surface area contributed by atoms with E-state index in [9.17, 15) is 5.26 Å². The van der Waals surface area contributed by atoms with Crippen molar-refractivity contribution in [1.29, 1.82) is 5.26 Å². The Hall–Kier alpha value is -2.16. The number of nitrogens with zero attached hydrogens (tertiary/aromatic N) is 5. The molecule has 3 heterocycles. The molecule has 0 aromatic carbocycles. The summed E-state index contributed by atoms with van der Waals surface area (Å²) in [5.41, 5.74) is 4.48. The summed E-state index contributed by atoms with van der Waals surface area (Å²) < 4.78 is 0. The molecule has 0 amide bonds. The fraction of sp³-hybridized carbons (Fsp3) is 0.389. The van der Waals surface area contributed by atoms with Gasteiger partial charge in [-0.3, -0.25) is 14.9 Å². The lowest BCUT2D eigenvalue weighted by Gasteiger charge is -2.36. The van der Waals surface area contributed by atoms with Crippen LogP contribution in [0.3, 0.4) is 0 Å². The van der Waals surface area contributed by atoms with Crippen LogP contribution in [0.1, 0.15) is 22.6 Å². The van der Waals surface area contributed by atoms with Gasteiger partial charge in [0.25, 0.3) is 0 Å². The summed E-state index contributed by atoms with van der Waals surface area (Å²) in [5.74, 6) is 0. The van der Waals surface area contributed by atoms with E-state index >= 15 is 0 Å². The van der Waals surface area contributed by atoms with E-state index in [1.807, 2.05) is 32.0 Å². The number of aryl methyl sites for hydroxylation is 2. The number of rotatable bonds is 3. The molecular weight excluding hydrogens is 322 g/mol. The van der Waals surface area contributed by atoms with E-state index in [2.05, 4.69) is 25.8 Å². The molecule has 0 radical (unpaired) electrons. The van der Waals surface area contributed by atoms with Crippen LogP contribution >= 0.6 is 11.6 Å². The predicted molar refractivity (Wildman–Crippen MR) is 95.2 cm³/mol. The largest absolute Gasteiger partial charge is 0.368 e. The molecule has 2 aromatic heterocycles. The van der Waals surface area contributed by atoms with Gasteiger partial charge in [-0.2, -0.15) is 5.26 Å². The quantitative estimate of drug-likeness (QED) is 0.859. The molecule has 0 N–H and O–H groups in total. The number of aromatic nitrogens is 2. The molecule has 5 nitrogen and oxygen atoms in total. The van der Waals surface area contributed by atoms with Crippen molar-refractivity contribution >= 4 is 17.3 Å². The summed E-state index contributed by atoms with van der Waals surface area (Å²) in [5, 5.41) is 10.1. The van der Waals surface area contributed by atoms with Crippen molar-refractivity contribution in [3.8, 4) is 6.07 Å². The second kappa shape index (κ2) is 7.16. The standard InChI is InChI=1S/C18H20ClN5/c1-13-9-18(17(10-20)14(2)22-13)24-7-5-23(6-8-24)12-16-4-3-15(19)11-21-16/h3-4,9,11H,5-8,12H2,1-2H3. The molecule has 1 aliphatic heterocycles. The van der Waals surface area contributed by atoms with Gasteiger partial charge in [-0.05, 0) is 32.0 Å². The first-order chi connectivity index (χ1) is 11.6. The fourth-order valence-electron chi connectivity index (χ4n) is 3.07. The molecule has 1 saturated heterocycles. The monoisotopic (exact) mass is 341 g/mol. The van der Waals surface area contributed by atoms with Crippen LogP contribution in [0.2, 0.25) is 5.02 Å². The van der Waals surface area contributed by atoms with Crippen LogP contribution in [-0.2, 0) is 6.54 Å². The highest BCUT2D eigenvalue weighted by molar-refractivity contribution is 6.30. The van der Waals surface area contributed by atoms with Gasteiger partial charge in [0, 0.05) is 44.6 Å². The van der Waals surface area contributed by atoms with Gasteiger partial charge in [-0.25, -0.2) is 0 Å². The third-order valence-corrected chi connectivity index (χ3v) is 4.53. The molecule has 0 aliphatic carbocycles. The zero-order valence-corrected chi connectivity index (χ0v) is 14.7. The zero-order chi connectivity index (χ0) is 17.1. The molecule has 0 saturated carbocycles. The van der Waals surface area contributed by atoms with E-state index in [1.54, 1.807) is 6.20 Å². The Labute approximate surface area is 147 Å². The van der Waals surface area contributed by atoms with Gasteiger partial charge in [0.15, 0.2) is 0 Å². The van der Waals surface area contributed by atoms with Gasteiger partial charge in [-0.15, -0.1) is 0 Å². The fourth-order valence-corrected chi connectivity index (χ4v) is 3.18. The van der Waals surface area contributed by atoms with Gasteiger partial charge >= 0.3 is 0 Å². The maximum absolute atomic E-state index is 9.44. The van der Waals surface area contributed by atoms with Crippen molar-refractivity contribution in [2.45, 2.75) is 20.4 Å². The first-order valence-electron chi connectivity index (χ1n) is 8.03. The molecular formula is C18H20ClN5. The van der Waals surface area contributed by atoms with Crippen molar-refractivity contribution in [2.24, 2.45) is 0 Å². The minimum atomic E-state index is 0.663. The van der Waals surface area contributed by atoms with E-state index in [4.69, 9.17) is 11.6 Å². The molecule has 0 unspecified atom stereocenters. The van der Waals surface area contributed by atoms with E-state index in [0.29, 0.717) is 10.6 Å². The molecule has 6 heteroatoms. The Balaban J connectivity index is 1.67. The van der Waals surface area contributed by atoms with Crippen LogP contribution in [0, 0.1) is 25.2 Å². The summed E-state index contributed by atoms with van der Waals surface area (Å²) in [4.78, 5) is 13.4. The number of pyridine rings is 2. The third kappa shape index (κ3) is 3.66. The normalized spacial score (nSPS) is 15.3. The smallest absolute Gasteiger partial charge is 0.103 e. The molecule has 0 bridgehead atoms. The number of anilines is 1. The second-order valence-corrected chi connectivity index (χ2v) is 6.52.